The molecular weight excluding hydrogens is 440 g/mol. The summed E-state index contributed by atoms with van der Waals surface area (Å²) in [5, 5.41) is 13.4. The smallest absolute Gasteiger partial charge is 0.233 e. The molecule has 7 nitrogen and oxygen atoms in total. The molecule has 0 aliphatic rings. The number of ether oxygens (including phenoxy) is 1. The van der Waals surface area contributed by atoms with Gasteiger partial charge in [0.1, 0.15) is 17.1 Å². The maximum Gasteiger partial charge on any atom is 0.233 e. The molecule has 0 aliphatic heterocycles. The van der Waals surface area contributed by atoms with Crippen molar-refractivity contribution >= 4 is 28.3 Å². The van der Waals surface area contributed by atoms with Gasteiger partial charge in [-0.2, -0.15) is 5.10 Å². The number of methoxy groups -OCH3 is 1. The Morgan fingerprint density at radius 1 is 1.09 bits per heavy atom. The molecule has 33 heavy (non-hydrogen) atoms. The van der Waals surface area contributed by atoms with Gasteiger partial charge >= 0.3 is 0 Å². The van der Waals surface area contributed by atoms with Crippen molar-refractivity contribution in [1.29, 1.82) is 0 Å². The van der Waals surface area contributed by atoms with E-state index in [1.807, 2.05) is 49.4 Å². The minimum absolute atomic E-state index is 0.132. The second-order valence-corrected chi connectivity index (χ2v) is 8.01. The van der Waals surface area contributed by atoms with Crippen LogP contribution in [0.15, 0.2) is 71.4 Å². The lowest BCUT2D eigenvalue weighted by Crippen LogP contribution is -2.05. The van der Waals surface area contributed by atoms with Gasteiger partial charge in [0.25, 0.3) is 0 Å². The second kappa shape index (κ2) is 8.52. The number of rotatable bonds is 6. The number of ketones is 1. The molecule has 0 aliphatic carbocycles. The van der Waals surface area contributed by atoms with Crippen molar-refractivity contribution in [1.82, 2.24) is 19.9 Å². The average molecular weight is 459 g/mol. The van der Waals surface area contributed by atoms with Crippen LogP contribution in [0.4, 0.5) is 0 Å². The molecule has 5 aromatic rings. The predicted molar refractivity (Wildman–Crippen MR) is 125 cm³/mol. The fourth-order valence-electron chi connectivity index (χ4n) is 3.92. The molecule has 8 heteroatoms. The minimum Gasteiger partial charge on any atom is -0.497 e. The first-order valence-corrected chi connectivity index (χ1v) is 10.6. The van der Waals surface area contributed by atoms with Crippen LogP contribution in [-0.4, -0.2) is 32.8 Å². The maximum absolute atomic E-state index is 13.6. The van der Waals surface area contributed by atoms with E-state index in [0.717, 1.165) is 22.2 Å². The lowest BCUT2D eigenvalue weighted by molar-refractivity contribution is 0.100. The maximum atomic E-state index is 13.6. The number of carbonyl (C=O) groups is 1. The standard InChI is InChI=1S/C25H19ClN4O3/c1-15-24(25(31)23-13-21(29-33-23)20-4-3-11-27-28-20)19-12-18(32-2)9-10-22(19)30(15)14-16-5-7-17(26)8-6-16/h3-13H,14H2,1-2H3. The average Bonchev–Trinajstić information content (AvgIpc) is 3.44. The van der Waals surface area contributed by atoms with Gasteiger partial charge in [-0.15, -0.1) is 5.10 Å². The first-order valence-electron chi connectivity index (χ1n) is 10.3. The zero-order chi connectivity index (χ0) is 22.9. The molecule has 0 fully saturated rings. The summed E-state index contributed by atoms with van der Waals surface area (Å²) in [6.07, 6.45) is 1.57. The van der Waals surface area contributed by atoms with Gasteiger partial charge in [-0.05, 0) is 55.0 Å². The van der Waals surface area contributed by atoms with E-state index in [4.69, 9.17) is 20.9 Å². The highest BCUT2D eigenvalue weighted by Gasteiger charge is 2.25. The number of fused-ring (bicyclic) bond motifs is 1. The van der Waals surface area contributed by atoms with Crippen molar-refractivity contribution in [2.45, 2.75) is 13.5 Å². The summed E-state index contributed by atoms with van der Waals surface area (Å²) < 4.78 is 12.9. The van der Waals surface area contributed by atoms with Gasteiger partial charge in [0.05, 0.1) is 12.7 Å². The molecule has 0 spiro atoms. The van der Waals surface area contributed by atoms with Gasteiger partial charge in [0.2, 0.25) is 11.5 Å². The largest absolute Gasteiger partial charge is 0.497 e. The molecule has 0 unspecified atom stereocenters. The molecule has 0 atom stereocenters. The third kappa shape index (κ3) is 3.87. The number of halogens is 1. The van der Waals surface area contributed by atoms with Gasteiger partial charge in [-0.25, -0.2) is 0 Å². The summed E-state index contributed by atoms with van der Waals surface area (Å²) in [7, 11) is 1.60. The van der Waals surface area contributed by atoms with Crippen molar-refractivity contribution < 1.29 is 14.1 Å². The Hall–Kier alpha value is -3.97. The van der Waals surface area contributed by atoms with Crippen LogP contribution >= 0.6 is 11.6 Å². The van der Waals surface area contributed by atoms with Crippen LogP contribution in [0.1, 0.15) is 27.4 Å². The van der Waals surface area contributed by atoms with E-state index < -0.39 is 0 Å². The normalized spacial score (nSPS) is 11.1. The van der Waals surface area contributed by atoms with Crippen LogP contribution in [0.2, 0.25) is 5.02 Å². The van der Waals surface area contributed by atoms with E-state index >= 15 is 0 Å². The molecule has 0 saturated carbocycles. The Morgan fingerprint density at radius 2 is 1.91 bits per heavy atom. The molecular formula is C25H19ClN4O3. The summed E-state index contributed by atoms with van der Waals surface area (Å²) in [6.45, 7) is 2.51. The summed E-state index contributed by atoms with van der Waals surface area (Å²) in [5.41, 5.74) is 4.32. The first kappa shape index (κ1) is 20.9. The zero-order valence-electron chi connectivity index (χ0n) is 17.9. The van der Waals surface area contributed by atoms with Crippen LogP contribution in [-0.2, 0) is 6.54 Å². The predicted octanol–water partition coefficient (Wildman–Crippen LogP) is 5.34. The van der Waals surface area contributed by atoms with Gasteiger partial charge in [-0.3, -0.25) is 4.79 Å². The Balaban J connectivity index is 1.61. The number of carbonyl (C=O) groups excluding carboxylic acids is 1. The highest BCUT2D eigenvalue weighted by Crippen LogP contribution is 2.32. The second-order valence-electron chi connectivity index (χ2n) is 7.57. The highest BCUT2D eigenvalue weighted by atomic mass is 35.5. The molecule has 3 heterocycles. The third-order valence-electron chi connectivity index (χ3n) is 5.58. The summed E-state index contributed by atoms with van der Waals surface area (Å²) in [6, 6.07) is 18.5. The van der Waals surface area contributed by atoms with Crippen molar-refractivity contribution in [3.8, 4) is 17.1 Å². The number of hydrogen-bond acceptors (Lipinski definition) is 6. The SMILES string of the molecule is COc1ccc2c(c1)c(C(=O)c1cc(-c3cccnn3)no1)c(C)n2Cc1ccc(Cl)cc1. The third-order valence-corrected chi connectivity index (χ3v) is 5.83. The molecule has 0 bridgehead atoms. The van der Waals surface area contributed by atoms with E-state index in [2.05, 4.69) is 19.9 Å². The van der Waals surface area contributed by atoms with E-state index in [0.29, 0.717) is 34.3 Å². The van der Waals surface area contributed by atoms with Crippen LogP contribution in [0.25, 0.3) is 22.3 Å². The summed E-state index contributed by atoms with van der Waals surface area (Å²) >= 11 is 6.04. The van der Waals surface area contributed by atoms with E-state index in [-0.39, 0.29) is 11.5 Å². The molecule has 164 valence electrons. The monoisotopic (exact) mass is 458 g/mol. The zero-order valence-corrected chi connectivity index (χ0v) is 18.7. The lowest BCUT2D eigenvalue weighted by Gasteiger charge is -2.09. The fourth-order valence-corrected chi connectivity index (χ4v) is 4.04. The number of hydrogen-bond donors (Lipinski definition) is 0. The van der Waals surface area contributed by atoms with Gasteiger partial charge < -0.3 is 13.8 Å². The lowest BCUT2D eigenvalue weighted by atomic mass is 10.0. The highest BCUT2D eigenvalue weighted by molar-refractivity contribution is 6.30. The molecule has 0 N–H and O–H groups in total. The van der Waals surface area contributed by atoms with Gasteiger partial charge in [0, 0.05) is 40.4 Å². The van der Waals surface area contributed by atoms with Gasteiger partial charge in [-0.1, -0.05) is 28.9 Å². The quantitative estimate of drug-likeness (QED) is 0.319. The van der Waals surface area contributed by atoms with Gasteiger partial charge in [0.15, 0.2) is 0 Å². The Kier molecular flexibility index (Phi) is 5.40. The van der Waals surface area contributed by atoms with Crippen LogP contribution < -0.4 is 4.74 Å². The number of benzene rings is 2. The molecule has 0 amide bonds. The van der Waals surface area contributed by atoms with Crippen molar-refractivity contribution in [3.05, 3.63) is 94.5 Å². The van der Waals surface area contributed by atoms with E-state index in [1.54, 1.807) is 31.5 Å². The summed E-state index contributed by atoms with van der Waals surface area (Å²) in [4.78, 5) is 13.6. The van der Waals surface area contributed by atoms with Crippen molar-refractivity contribution in [2.75, 3.05) is 7.11 Å². The molecule has 3 aromatic heterocycles. The number of nitrogens with zero attached hydrogens (tertiary/aromatic N) is 4. The Morgan fingerprint density at radius 3 is 2.64 bits per heavy atom. The van der Waals surface area contributed by atoms with Crippen LogP contribution in [0.3, 0.4) is 0 Å². The fraction of sp³-hybridized carbons (Fsp3) is 0.120. The van der Waals surface area contributed by atoms with Crippen molar-refractivity contribution in [2.24, 2.45) is 0 Å². The Labute approximate surface area is 194 Å². The first-order chi connectivity index (χ1) is 16.0. The van der Waals surface area contributed by atoms with Crippen molar-refractivity contribution in [3.63, 3.8) is 0 Å². The minimum atomic E-state index is -0.261. The van der Waals surface area contributed by atoms with Crippen LogP contribution in [0.5, 0.6) is 5.75 Å². The topological polar surface area (TPSA) is 83.0 Å². The molecule has 0 saturated heterocycles. The molecule has 5 rings (SSSR count). The van der Waals surface area contributed by atoms with Crippen LogP contribution in [0, 0.1) is 6.92 Å². The summed E-state index contributed by atoms with van der Waals surface area (Å²) in [5.74, 6) is 0.536. The van der Waals surface area contributed by atoms with E-state index in [9.17, 15) is 4.79 Å². The Bertz CT molecular complexity index is 1460. The van der Waals surface area contributed by atoms with E-state index in [1.165, 1.54) is 0 Å². The molecule has 2 aromatic carbocycles. The number of aromatic nitrogens is 4. The molecule has 0 radical (unpaired) electrons.